The fourth-order valence-electron chi connectivity index (χ4n) is 3.38. The predicted molar refractivity (Wildman–Crippen MR) is 110 cm³/mol. The Labute approximate surface area is 169 Å². The normalized spacial score (nSPS) is 12.9. The molecule has 0 aliphatic heterocycles. The van der Waals surface area contributed by atoms with Crippen molar-refractivity contribution in [1.29, 1.82) is 5.26 Å². The molecule has 0 aliphatic carbocycles. The highest BCUT2D eigenvalue weighted by atomic mass is 16.5. The number of benzene rings is 2. The Hall–Kier alpha value is -3.46. The number of carbonyl (C=O) groups is 1. The van der Waals surface area contributed by atoms with E-state index in [-0.39, 0.29) is 36.4 Å². The minimum Gasteiger partial charge on any atom is -0.457 e. The predicted octanol–water partition coefficient (Wildman–Crippen LogP) is 3.79. The molecule has 0 fully saturated rings. The van der Waals surface area contributed by atoms with Gasteiger partial charge in [0.15, 0.2) is 5.82 Å². The van der Waals surface area contributed by atoms with Gasteiger partial charge >= 0.3 is 5.97 Å². The van der Waals surface area contributed by atoms with Crippen LogP contribution in [0, 0.1) is 17.2 Å². The molecule has 0 bridgehead atoms. The second kappa shape index (κ2) is 9.16. The lowest BCUT2D eigenvalue weighted by molar-refractivity contribution is -0.148. The summed E-state index contributed by atoms with van der Waals surface area (Å²) in [4.78, 5) is 30.1. The second-order valence-corrected chi connectivity index (χ2v) is 6.98. The number of para-hydroxylation sites is 1. The van der Waals surface area contributed by atoms with Gasteiger partial charge in [0.05, 0.1) is 22.9 Å². The van der Waals surface area contributed by atoms with Gasteiger partial charge in [0.1, 0.15) is 13.2 Å². The summed E-state index contributed by atoms with van der Waals surface area (Å²) in [6, 6.07) is 18.4. The minimum absolute atomic E-state index is 0.0933. The largest absolute Gasteiger partial charge is 0.457 e. The van der Waals surface area contributed by atoms with E-state index in [9.17, 15) is 9.59 Å². The van der Waals surface area contributed by atoms with Gasteiger partial charge in [-0.3, -0.25) is 14.2 Å². The zero-order chi connectivity index (χ0) is 20.8. The number of hydrogen-bond acceptors (Lipinski definition) is 5. The highest BCUT2D eigenvalue weighted by Gasteiger charge is 2.27. The fraction of sp³-hybridized carbons (Fsp3) is 0.304. The van der Waals surface area contributed by atoms with Crippen LogP contribution in [0.25, 0.3) is 10.9 Å². The van der Waals surface area contributed by atoms with Crippen molar-refractivity contribution in [2.45, 2.75) is 39.3 Å². The summed E-state index contributed by atoms with van der Waals surface area (Å²) in [5.41, 5.74) is 1.09. The molecule has 1 heterocycles. The molecule has 148 valence electrons. The number of nitriles is 1. The van der Waals surface area contributed by atoms with E-state index in [1.807, 2.05) is 50.2 Å². The molecule has 6 nitrogen and oxygen atoms in total. The average molecular weight is 389 g/mol. The lowest BCUT2D eigenvalue weighted by Crippen LogP contribution is -2.27. The first-order valence-electron chi connectivity index (χ1n) is 9.63. The van der Waals surface area contributed by atoms with Gasteiger partial charge in [-0.1, -0.05) is 62.7 Å². The van der Waals surface area contributed by atoms with E-state index in [2.05, 4.69) is 4.98 Å². The maximum Gasteiger partial charge on any atom is 0.314 e. The van der Waals surface area contributed by atoms with Crippen LogP contribution in [0.3, 0.4) is 0 Å². The molecule has 29 heavy (non-hydrogen) atoms. The Kier molecular flexibility index (Phi) is 6.40. The van der Waals surface area contributed by atoms with Crippen LogP contribution in [-0.2, 0) is 22.7 Å². The summed E-state index contributed by atoms with van der Waals surface area (Å²) in [7, 11) is 0. The number of fused-ring (bicyclic) bond motifs is 1. The first-order valence-corrected chi connectivity index (χ1v) is 9.63. The number of rotatable bonds is 7. The molecule has 2 atom stereocenters. The van der Waals surface area contributed by atoms with Crippen LogP contribution in [0.2, 0.25) is 0 Å². The molecular weight excluding hydrogens is 366 g/mol. The standard InChI is InChI=1S/C23H23N3O3/c1-3-16(2)21(17-9-5-4-6-10-17)23(28)29-15-20-25-19-12-8-7-11-18(19)22(27)26(20)14-13-24/h4-12,16,21H,3,14-15H2,1-2H3/t16-,21-/m1/s1. The molecule has 2 aromatic carbocycles. The van der Waals surface area contributed by atoms with E-state index in [1.54, 1.807) is 24.3 Å². The van der Waals surface area contributed by atoms with Gasteiger partial charge in [-0.25, -0.2) is 4.98 Å². The molecular formula is C23H23N3O3. The van der Waals surface area contributed by atoms with Crippen molar-refractivity contribution in [2.24, 2.45) is 5.92 Å². The lowest BCUT2D eigenvalue weighted by atomic mass is 9.86. The van der Waals surface area contributed by atoms with Crippen molar-refractivity contribution in [2.75, 3.05) is 0 Å². The minimum atomic E-state index is -0.405. The van der Waals surface area contributed by atoms with Crippen molar-refractivity contribution in [1.82, 2.24) is 9.55 Å². The molecule has 3 rings (SSSR count). The quantitative estimate of drug-likeness (QED) is 0.574. The summed E-state index contributed by atoms with van der Waals surface area (Å²) >= 11 is 0. The van der Waals surface area contributed by atoms with Crippen molar-refractivity contribution < 1.29 is 9.53 Å². The zero-order valence-corrected chi connectivity index (χ0v) is 16.5. The van der Waals surface area contributed by atoms with Gasteiger partial charge in [-0.15, -0.1) is 0 Å². The molecule has 0 saturated heterocycles. The Morgan fingerprint density at radius 2 is 1.86 bits per heavy atom. The van der Waals surface area contributed by atoms with Crippen LogP contribution in [0.4, 0.5) is 0 Å². The van der Waals surface area contributed by atoms with Crippen LogP contribution >= 0.6 is 0 Å². The molecule has 0 amide bonds. The molecule has 3 aromatic rings. The highest BCUT2D eigenvalue weighted by molar-refractivity contribution is 5.79. The third-order valence-corrected chi connectivity index (χ3v) is 5.14. The van der Waals surface area contributed by atoms with Crippen LogP contribution in [0.15, 0.2) is 59.4 Å². The van der Waals surface area contributed by atoms with Crippen LogP contribution in [0.1, 0.15) is 37.6 Å². The lowest BCUT2D eigenvalue weighted by Gasteiger charge is -2.22. The summed E-state index contributed by atoms with van der Waals surface area (Å²) in [5, 5.41) is 9.54. The van der Waals surface area contributed by atoms with Crippen LogP contribution in [0.5, 0.6) is 0 Å². The summed E-state index contributed by atoms with van der Waals surface area (Å²) in [5.74, 6) is -0.412. The van der Waals surface area contributed by atoms with E-state index in [4.69, 9.17) is 10.00 Å². The van der Waals surface area contributed by atoms with Gasteiger partial charge in [-0.05, 0) is 23.6 Å². The van der Waals surface area contributed by atoms with E-state index in [1.165, 1.54) is 4.57 Å². The smallest absolute Gasteiger partial charge is 0.314 e. The monoisotopic (exact) mass is 389 g/mol. The Bertz CT molecular complexity index is 1100. The van der Waals surface area contributed by atoms with Crippen LogP contribution < -0.4 is 5.56 Å². The van der Waals surface area contributed by atoms with Gasteiger partial charge in [0, 0.05) is 0 Å². The fourth-order valence-corrected chi connectivity index (χ4v) is 3.38. The third-order valence-electron chi connectivity index (χ3n) is 5.14. The van der Waals surface area contributed by atoms with Gasteiger partial charge in [-0.2, -0.15) is 5.26 Å². The second-order valence-electron chi connectivity index (χ2n) is 6.98. The molecule has 1 aromatic heterocycles. The number of aromatic nitrogens is 2. The van der Waals surface area contributed by atoms with E-state index < -0.39 is 5.92 Å². The summed E-state index contributed by atoms with van der Waals surface area (Å²) in [6.07, 6.45) is 0.821. The Morgan fingerprint density at radius 1 is 1.17 bits per heavy atom. The Balaban J connectivity index is 1.90. The SMILES string of the molecule is CC[C@@H](C)[C@@H](C(=O)OCc1nc2ccccc2c(=O)n1CC#N)c1ccccc1. The zero-order valence-electron chi connectivity index (χ0n) is 16.5. The third kappa shape index (κ3) is 4.35. The van der Waals surface area contributed by atoms with E-state index in [0.29, 0.717) is 10.9 Å². The number of nitrogens with zero attached hydrogens (tertiary/aromatic N) is 3. The average Bonchev–Trinajstić information content (AvgIpc) is 2.75. The maximum atomic E-state index is 12.9. The van der Waals surface area contributed by atoms with Crippen molar-refractivity contribution in [3.8, 4) is 6.07 Å². The molecule has 0 unspecified atom stereocenters. The van der Waals surface area contributed by atoms with Crippen molar-refractivity contribution in [3.05, 3.63) is 76.3 Å². The highest BCUT2D eigenvalue weighted by Crippen LogP contribution is 2.28. The topological polar surface area (TPSA) is 85.0 Å². The molecule has 0 saturated carbocycles. The summed E-state index contributed by atoms with van der Waals surface area (Å²) < 4.78 is 6.85. The Morgan fingerprint density at radius 3 is 2.55 bits per heavy atom. The number of hydrogen-bond donors (Lipinski definition) is 0. The first kappa shape index (κ1) is 20.3. The van der Waals surface area contributed by atoms with Gasteiger partial charge in [0.25, 0.3) is 5.56 Å². The van der Waals surface area contributed by atoms with Gasteiger partial charge in [0.2, 0.25) is 0 Å². The first-order chi connectivity index (χ1) is 14.1. The molecule has 0 N–H and O–H groups in total. The molecule has 0 spiro atoms. The number of ether oxygens (including phenoxy) is 1. The summed E-state index contributed by atoms with van der Waals surface area (Å²) in [6.45, 7) is 3.72. The van der Waals surface area contributed by atoms with Crippen LogP contribution in [-0.4, -0.2) is 15.5 Å². The maximum absolute atomic E-state index is 12.9. The number of carbonyl (C=O) groups excluding carboxylic acids is 1. The van der Waals surface area contributed by atoms with E-state index >= 15 is 0 Å². The van der Waals surface area contributed by atoms with Crippen molar-refractivity contribution >= 4 is 16.9 Å². The van der Waals surface area contributed by atoms with Gasteiger partial charge < -0.3 is 4.74 Å². The number of esters is 1. The molecule has 0 radical (unpaired) electrons. The molecule has 0 aliphatic rings. The molecule has 6 heteroatoms. The van der Waals surface area contributed by atoms with Crippen molar-refractivity contribution in [3.63, 3.8) is 0 Å². The van der Waals surface area contributed by atoms with E-state index in [0.717, 1.165) is 12.0 Å².